The summed E-state index contributed by atoms with van der Waals surface area (Å²) in [5.41, 5.74) is 8.47. The third-order valence-electron chi connectivity index (χ3n) is 4.73. The van der Waals surface area contributed by atoms with E-state index in [0.29, 0.717) is 41.2 Å². The topological polar surface area (TPSA) is 105 Å². The van der Waals surface area contributed by atoms with Crippen LogP contribution >= 0.6 is 0 Å². The van der Waals surface area contributed by atoms with Crippen LogP contribution in [0.4, 0.5) is 10.2 Å². The number of rotatable bonds is 8. The van der Waals surface area contributed by atoms with E-state index in [0.717, 1.165) is 5.56 Å². The highest BCUT2D eigenvalue weighted by molar-refractivity contribution is 5.87. The number of aromatic nitrogens is 2. The SMILES string of the molecule is CC=Cc1nc(NCCc2cccc(F)c2)c(C(C(N)=O)c2cccnc2)cc1C#N. The van der Waals surface area contributed by atoms with Crippen LogP contribution in [0, 0.1) is 17.1 Å². The molecule has 2 heterocycles. The average Bonchev–Trinajstić information content (AvgIpc) is 2.76. The van der Waals surface area contributed by atoms with E-state index in [1.807, 2.05) is 13.0 Å². The smallest absolute Gasteiger partial charge is 0.229 e. The first-order valence-electron chi connectivity index (χ1n) is 9.78. The number of nitrogens with two attached hydrogens (primary N) is 1. The molecule has 0 saturated carbocycles. The lowest BCUT2D eigenvalue weighted by molar-refractivity contribution is -0.118. The van der Waals surface area contributed by atoms with Gasteiger partial charge in [-0.3, -0.25) is 9.78 Å². The molecule has 0 fully saturated rings. The molecule has 0 spiro atoms. The number of benzene rings is 1. The molecular formula is C24H22FN5O. The fraction of sp³-hybridized carbons (Fsp3) is 0.167. The second kappa shape index (κ2) is 10.1. The molecule has 0 saturated heterocycles. The summed E-state index contributed by atoms with van der Waals surface area (Å²) in [6.07, 6.45) is 7.23. The number of carbonyl (C=O) groups excluding carboxylic acids is 1. The largest absolute Gasteiger partial charge is 0.369 e. The fourth-order valence-corrected chi connectivity index (χ4v) is 3.34. The standard InChI is InChI=1S/C24H22FN5O/c1-2-5-21-18(14-26)13-20(22(23(27)31)17-7-4-10-28-15-17)24(30-21)29-11-9-16-6-3-8-19(25)12-16/h2-8,10,12-13,15,22H,9,11H2,1H3,(H2,27,31)(H,29,30). The van der Waals surface area contributed by atoms with Crippen molar-refractivity contribution >= 4 is 17.8 Å². The molecule has 3 N–H and O–H groups in total. The zero-order valence-electron chi connectivity index (χ0n) is 17.0. The molecule has 3 aromatic rings. The highest BCUT2D eigenvalue weighted by atomic mass is 19.1. The van der Waals surface area contributed by atoms with Crippen molar-refractivity contribution < 1.29 is 9.18 Å². The number of primary amides is 1. The van der Waals surface area contributed by atoms with Gasteiger partial charge >= 0.3 is 0 Å². The van der Waals surface area contributed by atoms with Crippen LogP contribution in [0.1, 0.15) is 40.8 Å². The van der Waals surface area contributed by atoms with Crippen molar-refractivity contribution in [2.24, 2.45) is 5.73 Å². The number of anilines is 1. The first-order chi connectivity index (χ1) is 15.0. The maximum Gasteiger partial charge on any atom is 0.229 e. The predicted octanol–water partition coefficient (Wildman–Crippen LogP) is 3.79. The fourth-order valence-electron chi connectivity index (χ4n) is 3.34. The van der Waals surface area contributed by atoms with Crippen molar-refractivity contribution in [1.29, 1.82) is 5.26 Å². The lowest BCUT2D eigenvalue weighted by Gasteiger charge is -2.19. The van der Waals surface area contributed by atoms with Crippen molar-refractivity contribution in [3.05, 3.63) is 94.7 Å². The number of pyridine rings is 2. The van der Waals surface area contributed by atoms with Gasteiger partial charge in [0.05, 0.1) is 17.2 Å². The van der Waals surface area contributed by atoms with E-state index in [-0.39, 0.29) is 5.82 Å². The maximum atomic E-state index is 13.5. The Morgan fingerprint density at radius 1 is 1.32 bits per heavy atom. The molecule has 7 heteroatoms. The van der Waals surface area contributed by atoms with Gasteiger partial charge in [0.15, 0.2) is 0 Å². The average molecular weight is 415 g/mol. The molecule has 0 radical (unpaired) electrons. The normalized spacial score (nSPS) is 11.8. The minimum Gasteiger partial charge on any atom is -0.369 e. The van der Waals surface area contributed by atoms with Gasteiger partial charge in [-0.05, 0) is 54.8 Å². The third-order valence-corrected chi connectivity index (χ3v) is 4.73. The molecule has 0 bridgehead atoms. The van der Waals surface area contributed by atoms with Crippen molar-refractivity contribution in [2.45, 2.75) is 19.3 Å². The van der Waals surface area contributed by atoms with Gasteiger partial charge in [-0.25, -0.2) is 9.37 Å². The molecule has 1 amide bonds. The third kappa shape index (κ3) is 5.31. The van der Waals surface area contributed by atoms with Gasteiger partial charge in [0, 0.05) is 24.5 Å². The molecule has 2 aromatic heterocycles. The van der Waals surface area contributed by atoms with E-state index in [9.17, 15) is 14.4 Å². The van der Waals surface area contributed by atoms with Crippen LogP contribution in [-0.2, 0) is 11.2 Å². The number of nitrogens with one attached hydrogen (secondary N) is 1. The predicted molar refractivity (Wildman–Crippen MR) is 118 cm³/mol. The summed E-state index contributed by atoms with van der Waals surface area (Å²) in [5.74, 6) is -1.26. The number of halogens is 1. The quantitative estimate of drug-likeness (QED) is 0.582. The molecule has 1 aromatic carbocycles. The molecule has 0 aliphatic heterocycles. The van der Waals surface area contributed by atoms with Crippen LogP contribution in [0.15, 0.2) is 60.9 Å². The zero-order valence-corrected chi connectivity index (χ0v) is 17.0. The number of nitrogens with zero attached hydrogens (tertiary/aromatic N) is 3. The Balaban J connectivity index is 2.01. The second-order valence-corrected chi connectivity index (χ2v) is 6.90. The Morgan fingerprint density at radius 3 is 2.81 bits per heavy atom. The van der Waals surface area contributed by atoms with E-state index in [2.05, 4.69) is 21.4 Å². The number of hydrogen-bond acceptors (Lipinski definition) is 5. The highest BCUT2D eigenvalue weighted by Crippen LogP contribution is 2.31. The Labute approximate surface area is 180 Å². The van der Waals surface area contributed by atoms with Crippen LogP contribution < -0.4 is 11.1 Å². The van der Waals surface area contributed by atoms with Gasteiger partial charge in [0.2, 0.25) is 5.91 Å². The molecule has 3 rings (SSSR count). The van der Waals surface area contributed by atoms with E-state index in [4.69, 9.17) is 5.73 Å². The first kappa shape index (κ1) is 21.7. The van der Waals surface area contributed by atoms with Gasteiger partial charge in [-0.15, -0.1) is 0 Å². The van der Waals surface area contributed by atoms with Gasteiger partial charge in [0.1, 0.15) is 17.7 Å². The van der Waals surface area contributed by atoms with E-state index in [1.165, 1.54) is 12.1 Å². The van der Waals surface area contributed by atoms with Crippen LogP contribution in [0.3, 0.4) is 0 Å². The number of nitriles is 1. The Bertz CT molecular complexity index is 1140. The van der Waals surface area contributed by atoms with Crippen molar-refractivity contribution in [3.8, 4) is 6.07 Å². The van der Waals surface area contributed by atoms with Crippen LogP contribution in [-0.4, -0.2) is 22.4 Å². The summed E-state index contributed by atoms with van der Waals surface area (Å²) in [7, 11) is 0. The van der Waals surface area contributed by atoms with E-state index in [1.54, 1.807) is 48.8 Å². The highest BCUT2D eigenvalue weighted by Gasteiger charge is 2.26. The number of allylic oxidation sites excluding steroid dienone is 1. The Hall–Kier alpha value is -4.05. The van der Waals surface area contributed by atoms with Gasteiger partial charge in [-0.1, -0.05) is 24.3 Å². The number of amides is 1. The summed E-state index contributed by atoms with van der Waals surface area (Å²) >= 11 is 0. The molecule has 0 aliphatic rings. The minimum atomic E-state index is -0.829. The summed E-state index contributed by atoms with van der Waals surface area (Å²) < 4.78 is 13.5. The Morgan fingerprint density at radius 2 is 2.16 bits per heavy atom. The van der Waals surface area contributed by atoms with E-state index < -0.39 is 11.8 Å². The van der Waals surface area contributed by atoms with Crippen LogP contribution in [0.25, 0.3) is 6.08 Å². The van der Waals surface area contributed by atoms with Crippen LogP contribution in [0.5, 0.6) is 0 Å². The van der Waals surface area contributed by atoms with Gasteiger partial charge in [-0.2, -0.15) is 5.26 Å². The second-order valence-electron chi connectivity index (χ2n) is 6.90. The first-order valence-corrected chi connectivity index (χ1v) is 9.78. The molecule has 1 atom stereocenters. The lowest BCUT2D eigenvalue weighted by atomic mass is 9.90. The number of carbonyl (C=O) groups is 1. The summed E-state index contributed by atoms with van der Waals surface area (Å²) in [4.78, 5) is 21.1. The number of hydrogen-bond donors (Lipinski definition) is 2. The molecule has 31 heavy (non-hydrogen) atoms. The Kier molecular flexibility index (Phi) is 7.07. The van der Waals surface area contributed by atoms with Gasteiger partial charge < -0.3 is 11.1 Å². The molecular weight excluding hydrogens is 393 g/mol. The van der Waals surface area contributed by atoms with Crippen molar-refractivity contribution in [3.63, 3.8) is 0 Å². The minimum absolute atomic E-state index is 0.296. The maximum absolute atomic E-state index is 13.5. The summed E-state index contributed by atoms with van der Waals surface area (Å²) in [5, 5.41) is 12.8. The summed E-state index contributed by atoms with van der Waals surface area (Å²) in [6, 6.07) is 13.6. The van der Waals surface area contributed by atoms with Crippen molar-refractivity contribution in [2.75, 3.05) is 11.9 Å². The van der Waals surface area contributed by atoms with E-state index >= 15 is 0 Å². The molecule has 156 valence electrons. The lowest BCUT2D eigenvalue weighted by Crippen LogP contribution is -2.24. The molecule has 0 aliphatic carbocycles. The van der Waals surface area contributed by atoms with Crippen molar-refractivity contribution in [1.82, 2.24) is 9.97 Å². The van der Waals surface area contributed by atoms with Gasteiger partial charge in [0.25, 0.3) is 0 Å². The molecule has 6 nitrogen and oxygen atoms in total. The summed E-state index contributed by atoms with van der Waals surface area (Å²) in [6.45, 7) is 2.28. The monoisotopic (exact) mass is 415 g/mol. The zero-order chi connectivity index (χ0) is 22.2. The van der Waals surface area contributed by atoms with Crippen LogP contribution in [0.2, 0.25) is 0 Å². The molecule has 1 unspecified atom stereocenters.